The molecule has 0 bridgehead atoms. The third-order valence-electron chi connectivity index (χ3n) is 4.68. The van der Waals surface area contributed by atoms with Crippen LogP contribution in [0.3, 0.4) is 0 Å². The van der Waals surface area contributed by atoms with Crippen LogP contribution in [0.15, 0.2) is 66.7 Å². The molecular formula is C22H21N3O3. The number of carbonyl (C=O) groups excluding carboxylic acids is 1. The molecule has 0 unspecified atom stereocenters. The molecule has 0 fully saturated rings. The number of amides is 1. The molecule has 6 nitrogen and oxygen atoms in total. The molecule has 3 aromatic rings. The molecule has 28 heavy (non-hydrogen) atoms. The van der Waals surface area contributed by atoms with Crippen molar-refractivity contribution < 1.29 is 14.3 Å². The number of carbonyl (C=O) groups is 1. The lowest BCUT2D eigenvalue weighted by atomic mass is 10.1. The number of para-hydroxylation sites is 2. The average molecular weight is 375 g/mol. The molecule has 6 heteroatoms. The van der Waals surface area contributed by atoms with E-state index >= 15 is 0 Å². The van der Waals surface area contributed by atoms with Crippen molar-refractivity contribution in [2.45, 2.75) is 6.17 Å². The summed E-state index contributed by atoms with van der Waals surface area (Å²) < 4.78 is 10.5. The largest absolute Gasteiger partial charge is 0.497 e. The third kappa shape index (κ3) is 3.44. The minimum Gasteiger partial charge on any atom is -0.497 e. The Morgan fingerprint density at radius 2 is 1.57 bits per heavy atom. The Morgan fingerprint density at radius 1 is 0.893 bits per heavy atom. The third-order valence-corrected chi connectivity index (χ3v) is 4.68. The summed E-state index contributed by atoms with van der Waals surface area (Å²) in [5, 5.41) is 9.78. The highest BCUT2D eigenvalue weighted by molar-refractivity contribution is 6.06. The van der Waals surface area contributed by atoms with Gasteiger partial charge in [-0.25, -0.2) is 0 Å². The molecule has 0 aliphatic carbocycles. The predicted octanol–water partition coefficient (Wildman–Crippen LogP) is 4.49. The van der Waals surface area contributed by atoms with E-state index in [1.807, 2.05) is 48.5 Å². The van der Waals surface area contributed by atoms with Gasteiger partial charge in [0.2, 0.25) is 0 Å². The SMILES string of the molecule is COc1ccc(C(=O)Nc2ccc(C3Nc4ccccc4N3)cc2)c(OC)c1. The molecule has 0 atom stereocenters. The zero-order chi connectivity index (χ0) is 19.5. The van der Waals surface area contributed by atoms with E-state index in [2.05, 4.69) is 16.0 Å². The van der Waals surface area contributed by atoms with E-state index in [9.17, 15) is 4.79 Å². The summed E-state index contributed by atoms with van der Waals surface area (Å²) in [6.45, 7) is 0. The van der Waals surface area contributed by atoms with Gasteiger partial charge < -0.3 is 25.4 Å². The summed E-state index contributed by atoms with van der Waals surface area (Å²) in [5.74, 6) is 0.859. The fourth-order valence-electron chi connectivity index (χ4n) is 3.19. The number of nitrogens with one attached hydrogen (secondary N) is 3. The zero-order valence-electron chi connectivity index (χ0n) is 15.7. The maximum absolute atomic E-state index is 12.6. The Bertz CT molecular complexity index is 977. The summed E-state index contributed by atoms with van der Waals surface area (Å²) in [6, 6.07) is 20.9. The van der Waals surface area contributed by atoms with Crippen molar-refractivity contribution in [3.8, 4) is 11.5 Å². The van der Waals surface area contributed by atoms with E-state index in [4.69, 9.17) is 9.47 Å². The monoisotopic (exact) mass is 375 g/mol. The molecule has 0 spiro atoms. The van der Waals surface area contributed by atoms with Gasteiger partial charge in [0, 0.05) is 11.8 Å². The first-order valence-corrected chi connectivity index (χ1v) is 8.93. The number of benzene rings is 3. The summed E-state index contributed by atoms with van der Waals surface area (Å²) in [5.41, 5.74) is 4.40. The lowest BCUT2D eigenvalue weighted by molar-refractivity contribution is 0.102. The van der Waals surface area contributed by atoms with E-state index in [0.29, 0.717) is 22.7 Å². The van der Waals surface area contributed by atoms with Gasteiger partial charge in [0.1, 0.15) is 17.7 Å². The van der Waals surface area contributed by atoms with Crippen molar-refractivity contribution in [1.29, 1.82) is 0 Å². The highest BCUT2D eigenvalue weighted by atomic mass is 16.5. The number of ether oxygens (including phenoxy) is 2. The highest BCUT2D eigenvalue weighted by Crippen LogP contribution is 2.35. The van der Waals surface area contributed by atoms with E-state index in [-0.39, 0.29) is 12.1 Å². The van der Waals surface area contributed by atoms with Gasteiger partial charge in [0.05, 0.1) is 31.2 Å². The molecular weight excluding hydrogens is 354 g/mol. The fourth-order valence-corrected chi connectivity index (χ4v) is 3.19. The van der Waals surface area contributed by atoms with Gasteiger partial charge in [0.25, 0.3) is 5.91 Å². The molecule has 0 aromatic heterocycles. The van der Waals surface area contributed by atoms with Crippen molar-refractivity contribution in [2.75, 3.05) is 30.2 Å². The van der Waals surface area contributed by atoms with Crippen LogP contribution in [0.2, 0.25) is 0 Å². The van der Waals surface area contributed by atoms with Gasteiger partial charge in [-0.15, -0.1) is 0 Å². The second kappa shape index (κ2) is 7.52. The Kier molecular flexibility index (Phi) is 4.76. The number of hydrogen-bond acceptors (Lipinski definition) is 5. The zero-order valence-corrected chi connectivity index (χ0v) is 15.7. The quantitative estimate of drug-likeness (QED) is 0.613. The van der Waals surface area contributed by atoms with Crippen molar-refractivity contribution in [2.24, 2.45) is 0 Å². The second-order valence-corrected chi connectivity index (χ2v) is 6.41. The van der Waals surface area contributed by atoms with Crippen LogP contribution in [0.4, 0.5) is 17.1 Å². The fraction of sp³-hybridized carbons (Fsp3) is 0.136. The summed E-state index contributed by atoms with van der Waals surface area (Å²) in [4.78, 5) is 12.6. The smallest absolute Gasteiger partial charge is 0.259 e. The van der Waals surface area contributed by atoms with Crippen molar-refractivity contribution in [3.05, 3.63) is 77.9 Å². The van der Waals surface area contributed by atoms with E-state index in [1.165, 1.54) is 7.11 Å². The number of methoxy groups -OCH3 is 2. The lowest BCUT2D eigenvalue weighted by Gasteiger charge is -2.14. The molecule has 1 heterocycles. The maximum atomic E-state index is 12.6. The first-order chi connectivity index (χ1) is 13.7. The standard InChI is InChI=1S/C22H21N3O3/c1-27-16-11-12-17(20(13-16)28-2)22(26)23-15-9-7-14(8-10-15)21-24-18-5-3-4-6-19(18)25-21/h3-13,21,24-25H,1-2H3,(H,23,26). The molecule has 4 rings (SSSR count). The molecule has 1 aliphatic rings. The Balaban J connectivity index is 1.46. The first kappa shape index (κ1) is 17.7. The number of rotatable bonds is 5. The average Bonchev–Trinajstić information content (AvgIpc) is 3.18. The minimum absolute atomic E-state index is 0.00355. The summed E-state index contributed by atoms with van der Waals surface area (Å²) >= 11 is 0. The van der Waals surface area contributed by atoms with Gasteiger partial charge in [-0.3, -0.25) is 4.79 Å². The van der Waals surface area contributed by atoms with Crippen LogP contribution in [0.5, 0.6) is 11.5 Å². The molecule has 3 N–H and O–H groups in total. The number of anilines is 3. The Labute approximate surface area is 163 Å². The molecule has 142 valence electrons. The van der Waals surface area contributed by atoms with Gasteiger partial charge in [-0.1, -0.05) is 24.3 Å². The molecule has 0 saturated carbocycles. The van der Waals surface area contributed by atoms with Crippen LogP contribution in [0, 0.1) is 0 Å². The van der Waals surface area contributed by atoms with Crippen LogP contribution in [-0.2, 0) is 0 Å². The van der Waals surface area contributed by atoms with E-state index in [0.717, 1.165) is 16.9 Å². The van der Waals surface area contributed by atoms with Crippen molar-refractivity contribution in [1.82, 2.24) is 0 Å². The van der Waals surface area contributed by atoms with Gasteiger partial charge in [0.15, 0.2) is 0 Å². The summed E-state index contributed by atoms with van der Waals surface area (Å²) in [7, 11) is 3.10. The van der Waals surface area contributed by atoms with Gasteiger partial charge in [-0.05, 0) is 42.0 Å². The molecule has 1 aliphatic heterocycles. The van der Waals surface area contributed by atoms with Crippen LogP contribution >= 0.6 is 0 Å². The normalized spacial score (nSPS) is 12.5. The van der Waals surface area contributed by atoms with Crippen molar-refractivity contribution in [3.63, 3.8) is 0 Å². The maximum Gasteiger partial charge on any atom is 0.259 e. The minimum atomic E-state index is -0.239. The second-order valence-electron chi connectivity index (χ2n) is 6.41. The Hall–Kier alpha value is -3.67. The lowest BCUT2D eigenvalue weighted by Crippen LogP contribution is -2.14. The highest BCUT2D eigenvalue weighted by Gasteiger charge is 2.20. The van der Waals surface area contributed by atoms with Crippen LogP contribution in [0.1, 0.15) is 22.1 Å². The predicted molar refractivity (Wildman–Crippen MR) is 110 cm³/mol. The molecule has 1 amide bonds. The molecule has 0 saturated heterocycles. The van der Waals surface area contributed by atoms with E-state index < -0.39 is 0 Å². The Morgan fingerprint density at radius 3 is 2.18 bits per heavy atom. The van der Waals surface area contributed by atoms with Crippen LogP contribution in [0.25, 0.3) is 0 Å². The summed E-state index contributed by atoms with van der Waals surface area (Å²) in [6.07, 6.45) is 0.00355. The van der Waals surface area contributed by atoms with Crippen LogP contribution in [-0.4, -0.2) is 20.1 Å². The van der Waals surface area contributed by atoms with Gasteiger partial charge >= 0.3 is 0 Å². The molecule has 3 aromatic carbocycles. The van der Waals surface area contributed by atoms with Crippen molar-refractivity contribution >= 4 is 23.0 Å². The number of hydrogen-bond donors (Lipinski definition) is 3. The molecule has 0 radical (unpaired) electrons. The topological polar surface area (TPSA) is 71.6 Å². The van der Waals surface area contributed by atoms with Crippen LogP contribution < -0.4 is 25.4 Å². The van der Waals surface area contributed by atoms with Gasteiger partial charge in [-0.2, -0.15) is 0 Å². The number of fused-ring (bicyclic) bond motifs is 1. The first-order valence-electron chi connectivity index (χ1n) is 8.93. The van der Waals surface area contributed by atoms with E-state index in [1.54, 1.807) is 25.3 Å².